The third kappa shape index (κ3) is 3.08. The van der Waals surface area contributed by atoms with E-state index in [1.165, 1.54) is 0 Å². The molecule has 146 valence electrons. The molecule has 0 spiro atoms. The first-order valence-corrected chi connectivity index (χ1v) is 8.93. The Kier molecular flexibility index (Phi) is 4.27. The molecule has 0 saturated heterocycles. The maximum atomic E-state index is 9.44. The lowest BCUT2D eigenvalue weighted by Gasteiger charge is -2.19. The Balaban J connectivity index is 1.85. The van der Waals surface area contributed by atoms with Crippen molar-refractivity contribution in [3.8, 4) is 17.3 Å². The molecule has 4 heterocycles. The van der Waals surface area contributed by atoms with Crippen LogP contribution in [0.15, 0.2) is 30.6 Å². The Morgan fingerprint density at radius 1 is 1.17 bits per heavy atom. The molecule has 4 rings (SSSR count). The van der Waals surface area contributed by atoms with Gasteiger partial charge in [-0.2, -0.15) is 20.3 Å². The van der Waals surface area contributed by atoms with Gasteiger partial charge in [0.15, 0.2) is 5.82 Å². The largest absolute Gasteiger partial charge is 0.382 e. The van der Waals surface area contributed by atoms with Gasteiger partial charge in [0, 0.05) is 32.1 Å². The van der Waals surface area contributed by atoms with E-state index in [9.17, 15) is 5.26 Å². The smallest absolute Gasteiger partial charge is 0.224 e. The van der Waals surface area contributed by atoms with Gasteiger partial charge < -0.3 is 21.4 Å². The maximum Gasteiger partial charge on any atom is 0.224 e. The highest BCUT2D eigenvalue weighted by atomic mass is 15.3. The predicted octanol–water partition coefficient (Wildman–Crippen LogP) is 1.97. The minimum Gasteiger partial charge on any atom is -0.382 e. The van der Waals surface area contributed by atoms with E-state index in [-0.39, 0.29) is 29.2 Å². The highest BCUT2D eigenvalue weighted by molar-refractivity contribution is 5.83. The van der Waals surface area contributed by atoms with E-state index >= 15 is 0 Å². The standard InChI is InChI=1S/C19H20N10/c1-10(24-18-12(9-20)17(21)26-19(22)27-18)16-11(14-4-6-23-29(14)3)8-15-13(25-16)5-7-28(15)2/h4-8,10H,1-3H3,(H5,21,22,24,26,27). The van der Waals surface area contributed by atoms with Crippen LogP contribution in [0.4, 0.5) is 17.6 Å². The van der Waals surface area contributed by atoms with Gasteiger partial charge in [-0.05, 0) is 25.1 Å². The van der Waals surface area contributed by atoms with Gasteiger partial charge in [-0.15, -0.1) is 0 Å². The molecule has 10 heteroatoms. The Morgan fingerprint density at radius 3 is 2.66 bits per heavy atom. The van der Waals surface area contributed by atoms with Crippen molar-refractivity contribution in [1.29, 1.82) is 5.26 Å². The summed E-state index contributed by atoms with van der Waals surface area (Å²) < 4.78 is 3.81. The Labute approximate surface area is 166 Å². The van der Waals surface area contributed by atoms with Gasteiger partial charge in [0.05, 0.1) is 28.5 Å². The zero-order valence-corrected chi connectivity index (χ0v) is 16.2. The lowest BCUT2D eigenvalue weighted by atomic mass is 10.0. The van der Waals surface area contributed by atoms with Crippen molar-refractivity contribution in [3.05, 3.63) is 41.9 Å². The normalized spacial score (nSPS) is 12.1. The second-order valence-corrected chi connectivity index (χ2v) is 6.76. The molecule has 0 aromatic carbocycles. The van der Waals surface area contributed by atoms with Crippen LogP contribution in [0.3, 0.4) is 0 Å². The number of hydrogen-bond acceptors (Lipinski definition) is 8. The molecule has 0 aliphatic heterocycles. The van der Waals surface area contributed by atoms with E-state index in [0.29, 0.717) is 0 Å². The molecule has 1 atom stereocenters. The maximum absolute atomic E-state index is 9.44. The lowest BCUT2D eigenvalue weighted by molar-refractivity contribution is 0.769. The average Bonchev–Trinajstić information content (AvgIpc) is 3.26. The third-order valence-corrected chi connectivity index (χ3v) is 4.82. The molecule has 0 radical (unpaired) electrons. The summed E-state index contributed by atoms with van der Waals surface area (Å²) in [7, 11) is 3.86. The van der Waals surface area contributed by atoms with E-state index < -0.39 is 0 Å². The van der Waals surface area contributed by atoms with E-state index in [1.807, 2.05) is 50.0 Å². The number of aromatic nitrogens is 6. The van der Waals surface area contributed by atoms with Crippen LogP contribution in [-0.4, -0.2) is 29.3 Å². The van der Waals surface area contributed by atoms with Gasteiger partial charge in [-0.25, -0.2) is 4.98 Å². The molecule has 0 amide bonds. The first-order chi connectivity index (χ1) is 13.9. The number of rotatable bonds is 4. The molecular weight excluding hydrogens is 368 g/mol. The van der Waals surface area contributed by atoms with Crippen molar-refractivity contribution in [2.24, 2.45) is 14.1 Å². The van der Waals surface area contributed by atoms with E-state index in [1.54, 1.807) is 10.9 Å². The fourth-order valence-electron chi connectivity index (χ4n) is 3.36. The molecule has 0 saturated carbocycles. The zero-order chi connectivity index (χ0) is 20.7. The number of pyridine rings is 1. The number of nitriles is 1. The van der Waals surface area contributed by atoms with Crippen LogP contribution < -0.4 is 16.8 Å². The molecule has 4 aromatic rings. The van der Waals surface area contributed by atoms with Gasteiger partial charge >= 0.3 is 0 Å². The first-order valence-electron chi connectivity index (χ1n) is 8.93. The molecule has 0 fully saturated rings. The van der Waals surface area contributed by atoms with Crippen LogP contribution in [-0.2, 0) is 14.1 Å². The Bertz CT molecular complexity index is 1260. The van der Waals surface area contributed by atoms with Crippen molar-refractivity contribution in [3.63, 3.8) is 0 Å². The summed E-state index contributed by atoms with van der Waals surface area (Å²) >= 11 is 0. The minimum absolute atomic E-state index is 0.00507. The van der Waals surface area contributed by atoms with E-state index in [4.69, 9.17) is 16.5 Å². The summed E-state index contributed by atoms with van der Waals surface area (Å²) in [5, 5.41) is 16.9. The van der Waals surface area contributed by atoms with Crippen LogP contribution in [0.5, 0.6) is 0 Å². The fourth-order valence-corrected chi connectivity index (χ4v) is 3.36. The van der Waals surface area contributed by atoms with Crippen molar-refractivity contribution in [1.82, 2.24) is 29.3 Å². The summed E-state index contributed by atoms with van der Waals surface area (Å²) in [4.78, 5) is 12.9. The SMILES string of the molecule is CC(Nc1nc(N)nc(N)c1C#N)c1nc2ccn(C)c2cc1-c1ccnn1C. The lowest BCUT2D eigenvalue weighted by Crippen LogP contribution is -2.15. The molecule has 1 unspecified atom stereocenters. The summed E-state index contributed by atoms with van der Waals surface area (Å²) in [6.07, 6.45) is 3.71. The molecule has 29 heavy (non-hydrogen) atoms. The molecular formula is C19H20N10. The number of nitrogens with one attached hydrogen (secondary N) is 1. The molecule has 0 bridgehead atoms. The molecule has 5 N–H and O–H groups in total. The van der Waals surface area contributed by atoms with Crippen LogP contribution in [0, 0.1) is 11.3 Å². The monoisotopic (exact) mass is 388 g/mol. The van der Waals surface area contributed by atoms with Crippen molar-refractivity contribution < 1.29 is 0 Å². The molecule has 4 aromatic heterocycles. The van der Waals surface area contributed by atoms with Gasteiger partial charge in [0.2, 0.25) is 5.95 Å². The molecule has 10 nitrogen and oxygen atoms in total. The molecule has 0 aliphatic carbocycles. The zero-order valence-electron chi connectivity index (χ0n) is 16.2. The Hall–Kier alpha value is -4.13. The second-order valence-electron chi connectivity index (χ2n) is 6.76. The van der Waals surface area contributed by atoms with E-state index in [2.05, 4.69) is 26.4 Å². The number of aryl methyl sites for hydroxylation is 2. The number of nitrogen functional groups attached to an aromatic ring is 2. The number of nitrogens with two attached hydrogens (primary N) is 2. The van der Waals surface area contributed by atoms with Gasteiger partial charge in [0.1, 0.15) is 17.5 Å². The van der Waals surface area contributed by atoms with Crippen LogP contribution in [0.25, 0.3) is 22.3 Å². The summed E-state index contributed by atoms with van der Waals surface area (Å²) in [6, 6.07) is 7.70. The summed E-state index contributed by atoms with van der Waals surface area (Å²) in [6.45, 7) is 1.94. The predicted molar refractivity (Wildman–Crippen MR) is 111 cm³/mol. The number of anilines is 3. The van der Waals surface area contributed by atoms with Crippen molar-refractivity contribution >= 4 is 28.6 Å². The topological polar surface area (TPSA) is 149 Å². The summed E-state index contributed by atoms with van der Waals surface area (Å²) in [5.41, 5.74) is 16.2. The van der Waals surface area contributed by atoms with Crippen molar-refractivity contribution in [2.45, 2.75) is 13.0 Å². The van der Waals surface area contributed by atoms with Crippen molar-refractivity contribution in [2.75, 3.05) is 16.8 Å². The number of nitrogens with zero attached hydrogens (tertiary/aromatic N) is 7. The average molecular weight is 388 g/mol. The van der Waals surface area contributed by atoms with Gasteiger partial charge in [-0.1, -0.05) is 0 Å². The third-order valence-electron chi connectivity index (χ3n) is 4.82. The summed E-state index contributed by atoms with van der Waals surface area (Å²) in [5.74, 6) is 0.304. The van der Waals surface area contributed by atoms with Crippen LogP contribution >= 0.6 is 0 Å². The second kappa shape index (κ2) is 6.79. The highest BCUT2D eigenvalue weighted by Crippen LogP contribution is 2.32. The van der Waals surface area contributed by atoms with Gasteiger partial charge in [0.25, 0.3) is 0 Å². The van der Waals surface area contributed by atoms with Gasteiger partial charge in [-0.3, -0.25) is 4.68 Å². The van der Waals surface area contributed by atoms with Crippen LogP contribution in [0.2, 0.25) is 0 Å². The highest BCUT2D eigenvalue weighted by Gasteiger charge is 2.21. The number of hydrogen-bond donors (Lipinski definition) is 3. The quantitative estimate of drug-likeness (QED) is 0.480. The molecule has 0 aliphatic rings. The number of fused-ring (bicyclic) bond motifs is 1. The fraction of sp³-hybridized carbons (Fsp3) is 0.211. The minimum atomic E-state index is -0.301. The Morgan fingerprint density at radius 2 is 1.97 bits per heavy atom. The van der Waals surface area contributed by atoms with Crippen LogP contribution in [0.1, 0.15) is 24.2 Å². The van der Waals surface area contributed by atoms with E-state index in [0.717, 1.165) is 28.0 Å². The first kappa shape index (κ1) is 18.2.